The van der Waals surface area contributed by atoms with E-state index in [2.05, 4.69) is 15.3 Å². The summed E-state index contributed by atoms with van der Waals surface area (Å²) < 4.78 is 39.0. The predicted molar refractivity (Wildman–Crippen MR) is 104 cm³/mol. The van der Waals surface area contributed by atoms with Crippen LogP contribution in [0.5, 0.6) is 5.75 Å². The molecule has 1 aliphatic carbocycles. The fourth-order valence-electron chi connectivity index (χ4n) is 2.68. The lowest BCUT2D eigenvalue weighted by Gasteiger charge is -2.16. The molecule has 7 N–H and O–H groups in total. The van der Waals surface area contributed by atoms with E-state index in [0.717, 1.165) is 25.0 Å². The topological polar surface area (TPSA) is 130 Å². The molecule has 154 valence electrons. The van der Waals surface area contributed by atoms with E-state index in [-0.39, 0.29) is 38.8 Å². The van der Waals surface area contributed by atoms with Gasteiger partial charge in [-0.15, -0.1) is 0 Å². The fraction of sp³-hybridized carbons (Fsp3) is 0.278. The Hall–Kier alpha value is -3.08. The van der Waals surface area contributed by atoms with Crippen LogP contribution in [0.2, 0.25) is 0 Å². The maximum atomic E-state index is 13.0. The van der Waals surface area contributed by atoms with E-state index in [0.29, 0.717) is 5.95 Å². The molecule has 1 aromatic heterocycles. The minimum Gasteiger partial charge on any atom is -0.507 e. The predicted octanol–water partition coefficient (Wildman–Crippen LogP) is 3.28. The molecular weight excluding hydrogens is 407 g/mol. The Morgan fingerprint density at radius 3 is 2.52 bits per heavy atom. The average Bonchev–Trinajstić information content (AvgIpc) is 3.42. The summed E-state index contributed by atoms with van der Waals surface area (Å²) in [5.74, 6) is -1.43. The third kappa shape index (κ3) is 4.34. The minimum absolute atomic E-state index is 0.0200. The number of aromatic nitrogens is 2. The van der Waals surface area contributed by atoms with Crippen molar-refractivity contribution in [2.45, 2.75) is 32.0 Å². The van der Waals surface area contributed by atoms with Gasteiger partial charge in [0.15, 0.2) is 0 Å². The number of phenols is 1. The number of amides is 1. The van der Waals surface area contributed by atoms with E-state index in [1.165, 1.54) is 13.0 Å². The third-order valence-electron chi connectivity index (χ3n) is 4.47. The van der Waals surface area contributed by atoms with Gasteiger partial charge in [0.1, 0.15) is 10.4 Å². The van der Waals surface area contributed by atoms with Gasteiger partial charge >= 0.3 is 6.18 Å². The zero-order valence-corrected chi connectivity index (χ0v) is 16.0. The number of hydrogen-bond donors (Lipinski definition) is 5. The third-order valence-corrected chi connectivity index (χ3v) is 4.77. The number of rotatable bonds is 5. The molecule has 1 saturated carbocycles. The standard InChI is InChI=1S/C18H18F3N5O2S/c1-7(15(23)28)13(22)12-14(25-17(26-16(12)29)24-9-3-4-9)8-2-5-10(11(27)6-8)18(19,20)21/h2,5-6,9,27H,3-4,22H2,1H3,(H2,23,28)(H2,24,25,26,29)/b13-7-. The maximum absolute atomic E-state index is 13.0. The van der Waals surface area contributed by atoms with Gasteiger partial charge in [-0.25, -0.2) is 4.98 Å². The molecule has 2 aromatic rings. The summed E-state index contributed by atoms with van der Waals surface area (Å²) in [6.45, 7) is 1.40. The number of alkyl halides is 3. The number of nitrogens with zero attached hydrogens (tertiary/aromatic N) is 1. The zero-order chi connectivity index (χ0) is 21.5. The molecule has 11 heteroatoms. The monoisotopic (exact) mass is 425 g/mol. The van der Waals surface area contributed by atoms with Gasteiger partial charge in [0.2, 0.25) is 11.9 Å². The second kappa shape index (κ2) is 7.39. The summed E-state index contributed by atoms with van der Waals surface area (Å²) in [7, 11) is 0. The molecule has 7 nitrogen and oxygen atoms in total. The summed E-state index contributed by atoms with van der Waals surface area (Å²) in [5.41, 5.74) is 10.7. The van der Waals surface area contributed by atoms with Crippen LogP contribution in [-0.4, -0.2) is 27.0 Å². The lowest BCUT2D eigenvalue weighted by molar-refractivity contribution is -0.138. The molecule has 1 aliphatic rings. The summed E-state index contributed by atoms with van der Waals surface area (Å²) in [6.07, 6.45) is -2.82. The average molecular weight is 425 g/mol. The van der Waals surface area contributed by atoms with Crippen LogP contribution in [0.1, 0.15) is 30.9 Å². The Kier molecular flexibility index (Phi) is 5.26. The molecule has 0 spiro atoms. The van der Waals surface area contributed by atoms with Crippen molar-refractivity contribution in [3.05, 3.63) is 39.5 Å². The second-order valence-corrected chi connectivity index (χ2v) is 7.08. The first-order chi connectivity index (χ1) is 13.5. The number of aromatic hydroxyl groups is 1. The van der Waals surface area contributed by atoms with Crippen molar-refractivity contribution in [1.82, 2.24) is 9.97 Å². The zero-order valence-electron chi connectivity index (χ0n) is 15.2. The van der Waals surface area contributed by atoms with Crippen LogP contribution >= 0.6 is 12.2 Å². The van der Waals surface area contributed by atoms with Gasteiger partial charge in [0.25, 0.3) is 0 Å². The number of H-pyrrole nitrogens is 1. The van der Waals surface area contributed by atoms with Gasteiger partial charge in [-0.2, -0.15) is 13.2 Å². The number of nitrogens with one attached hydrogen (secondary N) is 2. The van der Waals surface area contributed by atoms with Crippen LogP contribution < -0.4 is 16.8 Å². The van der Waals surface area contributed by atoms with E-state index in [9.17, 15) is 23.1 Å². The number of hydrogen-bond acceptors (Lipinski definition) is 6. The highest BCUT2D eigenvalue weighted by Gasteiger charge is 2.34. The lowest BCUT2D eigenvalue weighted by Crippen LogP contribution is -2.17. The molecule has 1 heterocycles. The van der Waals surface area contributed by atoms with E-state index in [1.807, 2.05) is 0 Å². The number of benzene rings is 1. The largest absolute Gasteiger partial charge is 0.507 e. The van der Waals surface area contributed by atoms with Gasteiger partial charge in [-0.1, -0.05) is 18.3 Å². The van der Waals surface area contributed by atoms with Crippen LogP contribution in [-0.2, 0) is 11.0 Å². The Labute approximate surface area is 168 Å². The van der Waals surface area contributed by atoms with E-state index in [4.69, 9.17) is 23.7 Å². The summed E-state index contributed by atoms with van der Waals surface area (Å²) in [4.78, 5) is 18.7. The second-order valence-electron chi connectivity index (χ2n) is 6.69. The number of primary amides is 1. The van der Waals surface area contributed by atoms with Crippen LogP contribution in [0.15, 0.2) is 23.8 Å². The molecule has 3 rings (SSSR count). The minimum atomic E-state index is -4.71. The Morgan fingerprint density at radius 1 is 1.34 bits per heavy atom. The summed E-state index contributed by atoms with van der Waals surface area (Å²) >= 11 is 5.32. The lowest BCUT2D eigenvalue weighted by atomic mass is 10.0. The summed E-state index contributed by atoms with van der Waals surface area (Å²) in [6, 6.07) is 3.08. The van der Waals surface area contributed by atoms with Gasteiger partial charge in [0.05, 0.1) is 22.5 Å². The molecule has 0 atom stereocenters. The van der Waals surface area contributed by atoms with Crippen molar-refractivity contribution in [2.24, 2.45) is 11.5 Å². The smallest absolute Gasteiger partial charge is 0.419 e. The molecule has 1 aromatic carbocycles. The van der Waals surface area contributed by atoms with Gasteiger partial charge in [0, 0.05) is 17.2 Å². The Morgan fingerprint density at radius 2 is 2.00 bits per heavy atom. The van der Waals surface area contributed by atoms with Crippen LogP contribution in [0.4, 0.5) is 19.1 Å². The molecule has 0 bridgehead atoms. The first-order valence-corrected chi connectivity index (χ1v) is 8.97. The normalized spacial score (nSPS) is 15.0. The molecule has 0 unspecified atom stereocenters. The Balaban J connectivity index is 2.23. The van der Waals surface area contributed by atoms with Crippen LogP contribution in [0, 0.1) is 4.64 Å². The molecule has 29 heavy (non-hydrogen) atoms. The quantitative estimate of drug-likeness (QED) is 0.369. The number of phenolic OH excluding ortho intramolecular Hbond substituents is 1. The molecule has 1 fully saturated rings. The Bertz CT molecular complexity index is 1070. The van der Waals surface area contributed by atoms with Crippen molar-refractivity contribution >= 4 is 29.8 Å². The number of carbonyl (C=O) groups is 1. The van der Waals surface area contributed by atoms with Gasteiger partial charge < -0.3 is 26.9 Å². The van der Waals surface area contributed by atoms with Crippen molar-refractivity contribution in [3.8, 4) is 17.0 Å². The highest BCUT2D eigenvalue weighted by molar-refractivity contribution is 7.71. The highest BCUT2D eigenvalue weighted by atomic mass is 32.1. The van der Waals surface area contributed by atoms with Crippen molar-refractivity contribution in [3.63, 3.8) is 0 Å². The fourth-order valence-corrected chi connectivity index (χ4v) is 2.98. The van der Waals surface area contributed by atoms with Gasteiger partial charge in [-0.3, -0.25) is 4.79 Å². The van der Waals surface area contributed by atoms with E-state index < -0.39 is 23.4 Å². The number of nitrogens with two attached hydrogens (primary N) is 2. The van der Waals surface area contributed by atoms with Crippen molar-refractivity contribution in [2.75, 3.05) is 5.32 Å². The maximum Gasteiger partial charge on any atom is 0.419 e. The number of carbonyl (C=O) groups excluding carboxylic acids is 1. The number of halogens is 3. The van der Waals surface area contributed by atoms with Crippen LogP contribution in [0.25, 0.3) is 17.0 Å². The first kappa shape index (κ1) is 20.6. The molecular formula is C18H18F3N5O2S. The highest BCUT2D eigenvalue weighted by Crippen LogP contribution is 2.39. The number of aromatic amines is 1. The van der Waals surface area contributed by atoms with Crippen molar-refractivity contribution in [1.29, 1.82) is 0 Å². The first-order valence-electron chi connectivity index (χ1n) is 8.57. The SMILES string of the molecule is C/C(C(N)=O)=C(/N)c1c(-c2ccc(C(F)(F)F)c(O)c2)[nH]c(NC2CC2)nc1=S. The van der Waals surface area contributed by atoms with E-state index in [1.54, 1.807) is 0 Å². The molecule has 0 radical (unpaired) electrons. The van der Waals surface area contributed by atoms with Crippen molar-refractivity contribution < 1.29 is 23.1 Å². The summed E-state index contributed by atoms with van der Waals surface area (Å²) in [5, 5.41) is 13.0. The molecule has 0 saturated heterocycles. The molecule has 1 amide bonds. The van der Waals surface area contributed by atoms with Crippen LogP contribution in [0.3, 0.4) is 0 Å². The van der Waals surface area contributed by atoms with E-state index >= 15 is 0 Å². The van der Waals surface area contributed by atoms with Gasteiger partial charge in [-0.05, 0) is 31.9 Å². The number of anilines is 1. The molecule has 0 aliphatic heterocycles.